The molecule has 1 amide bonds. The van der Waals surface area contributed by atoms with E-state index in [1.807, 2.05) is 0 Å². The van der Waals surface area contributed by atoms with E-state index >= 15 is 0 Å². The predicted octanol–water partition coefficient (Wildman–Crippen LogP) is 0.681. The van der Waals surface area contributed by atoms with Crippen LogP contribution in [0.4, 0.5) is 0 Å². The van der Waals surface area contributed by atoms with Gasteiger partial charge in [-0.25, -0.2) is 0 Å². The Labute approximate surface area is 104 Å². The minimum atomic E-state index is 0.0534. The second kappa shape index (κ2) is 5.83. The Morgan fingerprint density at radius 1 is 1.24 bits per heavy atom. The lowest BCUT2D eigenvalue weighted by molar-refractivity contribution is -0.140. The largest absolute Gasteiger partial charge is 0.339 e. The van der Waals surface area contributed by atoms with Gasteiger partial charge in [0, 0.05) is 38.8 Å². The quantitative estimate of drug-likeness (QED) is 0.770. The maximum Gasteiger partial charge on any atom is 0.239 e. The van der Waals surface area contributed by atoms with Crippen LogP contribution >= 0.6 is 0 Å². The summed E-state index contributed by atoms with van der Waals surface area (Å²) in [5.41, 5.74) is 0. The molecule has 2 aliphatic rings. The highest BCUT2D eigenvalue weighted by Crippen LogP contribution is 2.18. The fourth-order valence-corrected chi connectivity index (χ4v) is 2.89. The molecule has 2 atom stereocenters. The number of hydrogen-bond acceptors (Lipinski definition) is 3. The standard InChI is InChI=1S/C13H25N3O/c1-11-5-3-4-8-16(11)13(17)12(2)15-9-6-14-7-10-15/h11-12,14H,3-10H2,1-2H3. The summed E-state index contributed by atoms with van der Waals surface area (Å²) >= 11 is 0. The van der Waals surface area contributed by atoms with Crippen molar-refractivity contribution in [3.8, 4) is 0 Å². The van der Waals surface area contributed by atoms with E-state index in [0.29, 0.717) is 11.9 Å². The van der Waals surface area contributed by atoms with Gasteiger partial charge in [0.25, 0.3) is 0 Å². The molecule has 4 heteroatoms. The maximum atomic E-state index is 12.5. The molecule has 1 N–H and O–H groups in total. The number of nitrogens with zero attached hydrogens (tertiary/aromatic N) is 2. The molecule has 0 aromatic rings. The third-order valence-corrected chi connectivity index (χ3v) is 4.14. The summed E-state index contributed by atoms with van der Waals surface area (Å²) < 4.78 is 0. The Morgan fingerprint density at radius 2 is 1.94 bits per heavy atom. The van der Waals surface area contributed by atoms with Gasteiger partial charge in [0.2, 0.25) is 5.91 Å². The third-order valence-electron chi connectivity index (χ3n) is 4.14. The van der Waals surface area contributed by atoms with Crippen LogP contribution in [-0.4, -0.2) is 60.5 Å². The summed E-state index contributed by atoms with van der Waals surface area (Å²) in [6.07, 6.45) is 3.61. The predicted molar refractivity (Wildman–Crippen MR) is 68.9 cm³/mol. The fourth-order valence-electron chi connectivity index (χ4n) is 2.89. The summed E-state index contributed by atoms with van der Waals surface area (Å²) in [5, 5.41) is 3.33. The zero-order valence-electron chi connectivity index (χ0n) is 11.1. The highest BCUT2D eigenvalue weighted by atomic mass is 16.2. The van der Waals surface area contributed by atoms with E-state index in [4.69, 9.17) is 0 Å². The van der Waals surface area contributed by atoms with Crippen molar-refractivity contribution in [1.29, 1.82) is 0 Å². The van der Waals surface area contributed by atoms with E-state index in [1.54, 1.807) is 0 Å². The highest BCUT2D eigenvalue weighted by molar-refractivity contribution is 5.81. The number of carbonyl (C=O) groups excluding carboxylic acids is 1. The lowest BCUT2D eigenvalue weighted by atomic mass is 10.0. The molecule has 0 saturated carbocycles. The van der Waals surface area contributed by atoms with Crippen LogP contribution < -0.4 is 5.32 Å². The van der Waals surface area contributed by atoms with E-state index in [1.165, 1.54) is 19.3 Å². The van der Waals surface area contributed by atoms with Gasteiger partial charge in [-0.1, -0.05) is 0 Å². The van der Waals surface area contributed by atoms with E-state index in [0.717, 1.165) is 32.7 Å². The Morgan fingerprint density at radius 3 is 2.59 bits per heavy atom. The lowest BCUT2D eigenvalue weighted by Gasteiger charge is -2.39. The molecular weight excluding hydrogens is 214 g/mol. The molecule has 2 saturated heterocycles. The van der Waals surface area contributed by atoms with Gasteiger partial charge < -0.3 is 10.2 Å². The number of piperazine rings is 1. The van der Waals surface area contributed by atoms with Crippen LogP contribution in [0.2, 0.25) is 0 Å². The Balaban J connectivity index is 1.92. The topological polar surface area (TPSA) is 35.6 Å². The van der Waals surface area contributed by atoms with Crippen molar-refractivity contribution in [2.24, 2.45) is 0 Å². The molecule has 2 rings (SSSR count). The molecular formula is C13H25N3O. The monoisotopic (exact) mass is 239 g/mol. The molecule has 2 heterocycles. The molecule has 2 aliphatic heterocycles. The molecule has 2 unspecified atom stereocenters. The van der Waals surface area contributed by atoms with Crippen molar-refractivity contribution >= 4 is 5.91 Å². The molecule has 0 bridgehead atoms. The van der Waals surface area contributed by atoms with Crippen LogP contribution in [0.1, 0.15) is 33.1 Å². The minimum absolute atomic E-state index is 0.0534. The summed E-state index contributed by atoms with van der Waals surface area (Å²) in [4.78, 5) is 16.9. The first-order chi connectivity index (χ1) is 8.20. The molecule has 17 heavy (non-hydrogen) atoms. The highest BCUT2D eigenvalue weighted by Gasteiger charge is 2.30. The zero-order chi connectivity index (χ0) is 12.3. The van der Waals surface area contributed by atoms with Gasteiger partial charge >= 0.3 is 0 Å². The van der Waals surface area contributed by atoms with Crippen LogP contribution in [0.15, 0.2) is 0 Å². The first-order valence-corrected chi connectivity index (χ1v) is 6.95. The number of carbonyl (C=O) groups is 1. The minimum Gasteiger partial charge on any atom is -0.339 e. The van der Waals surface area contributed by atoms with Gasteiger partial charge in [-0.2, -0.15) is 0 Å². The zero-order valence-corrected chi connectivity index (χ0v) is 11.1. The number of hydrogen-bond donors (Lipinski definition) is 1. The Hall–Kier alpha value is -0.610. The maximum absolute atomic E-state index is 12.5. The average molecular weight is 239 g/mol. The van der Waals surface area contributed by atoms with Crippen LogP contribution in [0.5, 0.6) is 0 Å². The van der Waals surface area contributed by atoms with Gasteiger partial charge in [-0.05, 0) is 33.1 Å². The number of piperidine rings is 1. The van der Waals surface area contributed by atoms with E-state index < -0.39 is 0 Å². The van der Waals surface area contributed by atoms with Gasteiger partial charge in [-0.15, -0.1) is 0 Å². The molecule has 0 radical (unpaired) electrons. The fraction of sp³-hybridized carbons (Fsp3) is 0.923. The first-order valence-electron chi connectivity index (χ1n) is 6.95. The average Bonchev–Trinajstić information content (AvgIpc) is 2.39. The van der Waals surface area contributed by atoms with Crippen molar-refractivity contribution in [3.05, 3.63) is 0 Å². The number of rotatable bonds is 2. The summed E-state index contributed by atoms with van der Waals surface area (Å²) in [7, 11) is 0. The second-order valence-electron chi connectivity index (χ2n) is 5.34. The number of likely N-dealkylation sites (tertiary alicyclic amines) is 1. The van der Waals surface area contributed by atoms with Crippen molar-refractivity contribution in [2.45, 2.75) is 45.2 Å². The van der Waals surface area contributed by atoms with Crippen molar-refractivity contribution < 1.29 is 4.79 Å². The molecule has 98 valence electrons. The van der Waals surface area contributed by atoms with Gasteiger partial charge in [-0.3, -0.25) is 9.69 Å². The second-order valence-corrected chi connectivity index (χ2v) is 5.34. The summed E-state index contributed by atoms with van der Waals surface area (Å²) in [5.74, 6) is 0.333. The molecule has 0 aromatic heterocycles. The Bertz CT molecular complexity index is 263. The molecule has 2 fully saturated rings. The van der Waals surface area contributed by atoms with Gasteiger partial charge in [0.05, 0.1) is 6.04 Å². The van der Waals surface area contributed by atoms with Crippen LogP contribution in [0.25, 0.3) is 0 Å². The molecule has 0 aliphatic carbocycles. The van der Waals surface area contributed by atoms with Crippen LogP contribution in [0, 0.1) is 0 Å². The third kappa shape index (κ3) is 2.99. The molecule has 0 spiro atoms. The van der Waals surface area contributed by atoms with Gasteiger partial charge in [0.1, 0.15) is 0 Å². The van der Waals surface area contributed by atoms with Crippen LogP contribution in [0.3, 0.4) is 0 Å². The van der Waals surface area contributed by atoms with Crippen molar-refractivity contribution in [2.75, 3.05) is 32.7 Å². The number of amides is 1. The lowest BCUT2D eigenvalue weighted by Crippen LogP contribution is -2.55. The summed E-state index contributed by atoms with van der Waals surface area (Å²) in [6.45, 7) is 9.21. The van der Waals surface area contributed by atoms with Crippen LogP contribution in [-0.2, 0) is 4.79 Å². The van der Waals surface area contributed by atoms with Gasteiger partial charge in [0.15, 0.2) is 0 Å². The SMILES string of the molecule is CC(C(=O)N1CCCCC1C)N1CCNCC1. The normalized spacial score (nSPS) is 29.1. The molecule has 0 aromatic carbocycles. The van der Waals surface area contributed by atoms with E-state index in [2.05, 4.69) is 29.0 Å². The smallest absolute Gasteiger partial charge is 0.239 e. The van der Waals surface area contributed by atoms with Crippen molar-refractivity contribution in [3.63, 3.8) is 0 Å². The first kappa shape index (κ1) is 12.8. The summed E-state index contributed by atoms with van der Waals surface area (Å²) in [6, 6.07) is 0.485. The van der Waals surface area contributed by atoms with E-state index in [9.17, 15) is 4.79 Å². The van der Waals surface area contributed by atoms with Crippen molar-refractivity contribution in [1.82, 2.24) is 15.1 Å². The Kier molecular flexibility index (Phi) is 4.40. The molecule has 4 nitrogen and oxygen atoms in total. The number of nitrogens with one attached hydrogen (secondary N) is 1. The van der Waals surface area contributed by atoms with E-state index in [-0.39, 0.29) is 6.04 Å².